The lowest BCUT2D eigenvalue weighted by Crippen LogP contribution is -2.51. The lowest BCUT2D eigenvalue weighted by molar-refractivity contribution is -0.0567. The van der Waals surface area contributed by atoms with Gasteiger partial charge in [-0.25, -0.2) is 0 Å². The number of fused-ring (bicyclic) bond motifs is 1. The molecule has 1 fully saturated rings. The third kappa shape index (κ3) is 2.61. The highest BCUT2D eigenvalue weighted by Crippen LogP contribution is 2.36. The van der Waals surface area contributed by atoms with Crippen LogP contribution >= 0.6 is 0 Å². The Balaban J connectivity index is 1.79. The first-order chi connectivity index (χ1) is 9.25. The van der Waals surface area contributed by atoms with E-state index in [0.717, 1.165) is 38.5 Å². The Labute approximate surface area is 114 Å². The highest BCUT2D eigenvalue weighted by atomic mass is 16.5. The van der Waals surface area contributed by atoms with E-state index in [1.54, 1.807) is 0 Å². The molecule has 1 aromatic carbocycles. The number of nitrogens with two attached hydrogens (primary N) is 1. The molecule has 4 nitrogen and oxygen atoms in total. The van der Waals surface area contributed by atoms with Crippen LogP contribution in [0.2, 0.25) is 0 Å². The molecule has 0 aliphatic carbocycles. The van der Waals surface area contributed by atoms with Crippen LogP contribution in [0.5, 0.6) is 5.75 Å². The van der Waals surface area contributed by atoms with Crippen molar-refractivity contribution in [3.63, 3.8) is 0 Å². The second-order valence-electron chi connectivity index (χ2n) is 5.45. The molecule has 1 saturated heterocycles. The predicted molar refractivity (Wildman–Crippen MR) is 74.3 cm³/mol. The van der Waals surface area contributed by atoms with Crippen LogP contribution in [-0.2, 0) is 4.74 Å². The second kappa shape index (κ2) is 5.49. The van der Waals surface area contributed by atoms with E-state index in [1.807, 2.05) is 13.0 Å². The lowest BCUT2D eigenvalue weighted by atomic mass is 9.97. The second-order valence-corrected chi connectivity index (χ2v) is 5.45. The van der Waals surface area contributed by atoms with Gasteiger partial charge >= 0.3 is 0 Å². The van der Waals surface area contributed by atoms with E-state index in [1.165, 1.54) is 5.56 Å². The maximum absolute atomic E-state index is 5.98. The maximum Gasteiger partial charge on any atom is 0.124 e. The largest absolute Gasteiger partial charge is 0.493 e. The first-order valence-corrected chi connectivity index (χ1v) is 7.08. The fourth-order valence-electron chi connectivity index (χ4n) is 3.00. The molecule has 0 amide bonds. The van der Waals surface area contributed by atoms with Crippen molar-refractivity contribution in [3.8, 4) is 5.75 Å². The van der Waals surface area contributed by atoms with E-state index < -0.39 is 0 Å². The highest BCUT2D eigenvalue weighted by molar-refractivity contribution is 5.37. The van der Waals surface area contributed by atoms with E-state index in [2.05, 4.69) is 23.1 Å². The van der Waals surface area contributed by atoms with Crippen LogP contribution in [0.3, 0.4) is 0 Å². The van der Waals surface area contributed by atoms with E-state index >= 15 is 0 Å². The number of hydrogen-bond acceptors (Lipinski definition) is 4. The van der Waals surface area contributed by atoms with Gasteiger partial charge < -0.3 is 15.2 Å². The van der Waals surface area contributed by atoms with E-state index in [0.29, 0.717) is 6.04 Å². The molecule has 0 radical (unpaired) electrons. The molecule has 0 saturated carbocycles. The summed E-state index contributed by atoms with van der Waals surface area (Å²) >= 11 is 0. The molecule has 2 heterocycles. The monoisotopic (exact) mass is 262 g/mol. The van der Waals surface area contributed by atoms with Crippen LogP contribution in [-0.4, -0.2) is 43.3 Å². The predicted octanol–water partition coefficient (Wildman–Crippen LogP) is 1.56. The number of morpholine rings is 1. The summed E-state index contributed by atoms with van der Waals surface area (Å²) in [5.74, 6) is 1.03. The van der Waals surface area contributed by atoms with Gasteiger partial charge in [0.05, 0.1) is 19.3 Å². The molecule has 4 heteroatoms. The van der Waals surface area contributed by atoms with Gasteiger partial charge in [0.2, 0.25) is 0 Å². The van der Waals surface area contributed by atoms with Gasteiger partial charge in [-0.2, -0.15) is 0 Å². The Bertz CT molecular complexity index is 436. The first-order valence-electron chi connectivity index (χ1n) is 7.08. The molecule has 0 bridgehead atoms. The molecule has 2 N–H and O–H groups in total. The topological polar surface area (TPSA) is 47.7 Å². The summed E-state index contributed by atoms with van der Waals surface area (Å²) in [5, 5.41) is 0. The van der Waals surface area contributed by atoms with Gasteiger partial charge in [0.25, 0.3) is 0 Å². The minimum atomic E-state index is 0.0814. The summed E-state index contributed by atoms with van der Waals surface area (Å²) < 4.78 is 11.5. The van der Waals surface area contributed by atoms with Gasteiger partial charge in [-0.1, -0.05) is 18.2 Å². The SMILES string of the molecule is CC(N)C1CN(C2CCOc3ccccc32)CCO1. The minimum absolute atomic E-state index is 0.0814. The Morgan fingerprint density at radius 1 is 1.32 bits per heavy atom. The zero-order valence-corrected chi connectivity index (χ0v) is 11.4. The fourth-order valence-corrected chi connectivity index (χ4v) is 3.00. The van der Waals surface area contributed by atoms with Gasteiger partial charge in [0.1, 0.15) is 5.75 Å². The molecule has 19 heavy (non-hydrogen) atoms. The normalized spacial score (nSPS) is 29.4. The van der Waals surface area contributed by atoms with Gasteiger partial charge in [0, 0.05) is 37.2 Å². The summed E-state index contributed by atoms with van der Waals surface area (Å²) in [6.07, 6.45) is 1.19. The third-order valence-corrected chi connectivity index (χ3v) is 4.08. The van der Waals surface area contributed by atoms with Crippen molar-refractivity contribution in [2.24, 2.45) is 5.73 Å². The van der Waals surface area contributed by atoms with Gasteiger partial charge in [0.15, 0.2) is 0 Å². The van der Waals surface area contributed by atoms with E-state index in [4.69, 9.17) is 15.2 Å². The van der Waals surface area contributed by atoms with Gasteiger partial charge in [-0.15, -0.1) is 0 Å². The number of rotatable bonds is 2. The first kappa shape index (κ1) is 12.9. The van der Waals surface area contributed by atoms with Gasteiger partial charge in [-0.05, 0) is 13.0 Å². The summed E-state index contributed by atoms with van der Waals surface area (Å²) in [6, 6.07) is 8.88. The molecule has 104 valence electrons. The zero-order chi connectivity index (χ0) is 13.2. The average molecular weight is 262 g/mol. The van der Waals surface area contributed by atoms with Gasteiger partial charge in [-0.3, -0.25) is 4.90 Å². The molecule has 3 rings (SSSR count). The number of hydrogen-bond donors (Lipinski definition) is 1. The Hall–Kier alpha value is -1.10. The van der Waals surface area contributed by atoms with Crippen LogP contribution < -0.4 is 10.5 Å². The van der Waals surface area contributed by atoms with Crippen molar-refractivity contribution in [3.05, 3.63) is 29.8 Å². The van der Waals surface area contributed by atoms with Crippen LogP contribution in [0.25, 0.3) is 0 Å². The standard InChI is InChI=1S/C15H22N2O2/c1-11(16)15-10-17(7-9-19-15)13-6-8-18-14-5-3-2-4-12(13)14/h2-5,11,13,15H,6-10,16H2,1H3. The summed E-state index contributed by atoms with van der Waals surface area (Å²) in [6.45, 7) is 5.47. The number of ether oxygens (including phenoxy) is 2. The summed E-state index contributed by atoms with van der Waals surface area (Å²) in [4.78, 5) is 2.50. The van der Waals surface area contributed by atoms with Crippen molar-refractivity contribution in [1.29, 1.82) is 0 Å². The molecule has 1 aromatic rings. The molecule has 0 aromatic heterocycles. The lowest BCUT2D eigenvalue weighted by Gasteiger charge is -2.41. The molecule has 3 atom stereocenters. The summed E-state index contributed by atoms with van der Waals surface area (Å²) in [7, 11) is 0. The zero-order valence-electron chi connectivity index (χ0n) is 11.4. The van der Waals surface area contributed by atoms with Crippen LogP contribution in [0.1, 0.15) is 24.9 Å². The van der Waals surface area contributed by atoms with E-state index in [-0.39, 0.29) is 12.1 Å². The average Bonchev–Trinajstić information content (AvgIpc) is 2.47. The third-order valence-electron chi connectivity index (χ3n) is 4.08. The molecular formula is C15H22N2O2. The molecule has 0 spiro atoms. The number of para-hydroxylation sites is 1. The van der Waals surface area contributed by atoms with Crippen LogP contribution in [0.4, 0.5) is 0 Å². The Morgan fingerprint density at radius 3 is 3.00 bits per heavy atom. The molecular weight excluding hydrogens is 240 g/mol. The molecule has 3 unspecified atom stereocenters. The van der Waals surface area contributed by atoms with Crippen molar-refractivity contribution >= 4 is 0 Å². The molecule has 2 aliphatic rings. The smallest absolute Gasteiger partial charge is 0.124 e. The van der Waals surface area contributed by atoms with Crippen molar-refractivity contribution in [2.75, 3.05) is 26.3 Å². The minimum Gasteiger partial charge on any atom is -0.493 e. The molecule has 2 aliphatic heterocycles. The highest BCUT2D eigenvalue weighted by Gasteiger charge is 2.32. The number of benzene rings is 1. The Kier molecular flexibility index (Phi) is 3.73. The fraction of sp³-hybridized carbons (Fsp3) is 0.600. The Morgan fingerprint density at radius 2 is 2.16 bits per heavy atom. The van der Waals surface area contributed by atoms with Crippen molar-refractivity contribution in [1.82, 2.24) is 4.90 Å². The number of nitrogens with zero attached hydrogens (tertiary/aromatic N) is 1. The van der Waals surface area contributed by atoms with Crippen molar-refractivity contribution < 1.29 is 9.47 Å². The van der Waals surface area contributed by atoms with Crippen LogP contribution in [0, 0.1) is 0 Å². The maximum atomic E-state index is 5.98. The van der Waals surface area contributed by atoms with E-state index in [9.17, 15) is 0 Å². The van der Waals surface area contributed by atoms with Crippen molar-refractivity contribution in [2.45, 2.75) is 31.5 Å². The quantitative estimate of drug-likeness (QED) is 0.878. The summed E-state index contributed by atoms with van der Waals surface area (Å²) in [5.41, 5.74) is 7.28. The van der Waals surface area contributed by atoms with Crippen LogP contribution in [0.15, 0.2) is 24.3 Å².